The molecule has 5 heteroatoms. The van der Waals surface area contributed by atoms with Crippen molar-refractivity contribution in [3.05, 3.63) is 54.9 Å². The number of para-hydroxylation sites is 1. The van der Waals surface area contributed by atoms with Crippen molar-refractivity contribution >= 4 is 22.4 Å². The number of fused-ring (bicyclic) bond motifs is 1. The van der Waals surface area contributed by atoms with Crippen LogP contribution in [0.5, 0.6) is 5.75 Å². The lowest BCUT2D eigenvalue weighted by Gasteiger charge is -2.37. The Morgan fingerprint density at radius 1 is 0.833 bits per heavy atom. The molecule has 0 unspecified atom stereocenters. The maximum atomic E-state index is 5.23. The summed E-state index contributed by atoms with van der Waals surface area (Å²) in [5.74, 6) is 1.93. The molecule has 0 N–H and O–H groups in total. The molecule has 2 heterocycles. The average molecular weight is 320 g/mol. The van der Waals surface area contributed by atoms with E-state index in [2.05, 4.69) is 38.0 Å². The second-order valence-corrected chi connectivity index (χ2v) is 5.89. The van der Waals surface area contributed by atoms with E-state index in [4.69, 9.17) is 4.74 Å². The second kappa shape index (κ2) is 6.35. The largest absolute Gasteiger partial charge is 0.497 e. The lowest BCUT2D eigenvalue weighted by Crippen LogP contribution is -2.46. The summed E-state index contributed by atoms with van der Waals surface area (Å²) < 4.78 is 5.23. The molecule has 1 aliphatic heterocycles. The smallest absolute Gasteiger partial charge is 0.140 e. The van der Waals surface area contributed by atoms with Gasteiger partial charge in [0.15, 0.2) is 0 Å². The minimum atomic E-state index is 0.893. The Balaban J connectivity index is 1.51. The number of methoxy groups -OCH3 is 1. The van der Waals surface area contributed by atoms with E-state index >= 15 is 0 Å². The van der Waals surface area contributed by atoms with E-state index in [0.717, 1.165) is 48.6 Å². The third-order valence-electron chi connectivity index (χ3n) is 4.54. The quantitative estimate of drug-likeness (QED) is 0.742. The zero-order chi connectivity index (χ0) is 16.4. The van der Waals surface area contributed by atoms with Gasteiger partial charge in [0, 0.05) is 37.3 Å². The number of rotatable bonds is 3. The fraction of sp³-hybridized carbons (Fsp3) is 0.263. The fourth-order valence-electron chi connectivity index (χ4n) is 3.21. The molecule has 3 aromatic rings. The van der Waals surface area contributed by atoms with Crippen molar-refractivity contribution in [1.29, 1.82) is 0 Å². The number of aromatic nitrogens is 2. The molecule has 0 amide bonds. The van der Waals surface area contributed by atoms with Gasteiger partial charge in [-0.2, -0.15) is 0 Å². The Kier molecular flexibility index (Phi) is 3.91. The average Bonchev–Trinajstić information content (AvgIpc) is 2.68. The highest BCUT2D eigenvalue weighted by Gasteiger charge is 2.20. The van der Waals surface area contributed by atoms with Gasteiger partial charge in [-0.1, -0.05) is 12.1 Å². The number of ether oxygens (including phenoxy) is 1. The summed E-state index contributed by atoms with van der Waals surface area (Å²) in [6.07, 6.45) is 1.66. The first-order chi connectivity index (χ1) is 11.8. The lowest BCUT2D eigenvalue weighted by atomic mass is 10.2. The van der Waals surface area contributed by atoms with Gasteiger partial charge in [-0.3, -0.25) is 0 Å². The third kappa shape index (κ3) is 2.73. The highest BCUT2D eigenvalue weighted by atomic mass is 16.5. The van der Waals surface area contributed by atoms with E-state index in [1.54, 1.807) is 13.4 Å². The summed E-state index contributed by atoms with van der Waals surface area (Å²) in [5.41, 5.74) is 2.24. The summed E-state index contributed by atoms with van der Waals surface area (Å²) >= 11 is 0. The van der Waals surface area contributed by atoms with Crippen molar-refractivity contribution in [2.45, 2.75) is 0 Å². The van der Waals surface area contributed by atoms with Gasteiger partial charge in [0.1, 0.15) is 17.9 Å². The highest BCUT2D eigenvalue weighted by molar-refractivity contribution is 5.89. The zero-order valence-corrected chi connectivity index (χ0v) is 13.7. The fourth-order valence-corrected chi connectivity index (χ4v) is 3.21. The normalized spacial score (nSPS) is 14.9. The van der Waals surface area contributed by atoms with E-state index in [9.17, 15) is 0 Å². The van der Waals surface area contributed by atoms with E-state index in [1.807, 2.05) is 30.3 Å². The Labute approximate surface area is 141 Å². The molecule has 0 radical (unpaired) electrons. The Morgan fingerprint density at radius 2 is 1.54 bits per heavy atom. The van der Waals surface area contributed by atoms with Gasteiger partial charge >= 0.3 is 0 Å². The number of piperazine rings is 1. The van der Waals surface area contributed by atoms with E-state index in [1.165, 1.54) is 5.69 Å². The van der Waals surface area contributed by atoms with Crippen molar-refractivity contribution in [3.63, 3.8) is 0 Å². The summed E-state index contributed by atoms with van der Waals surface area (Å²) in [5, 5.41) is 1.12. The van der Waals surface area contributed by atoms with Crippen LogP contribution in [0, 0.1) is 0 Å². The SMILES string of the molecule is COc1ccc(N2CCN(c3ncnc4ccccc34)CC2)cc1. The van der Waals surface area contributed by atoms with Crippen LogP contribution in [0.15, 0.2) is 54.9 Å². The Morgan fingerprint density at radius 3 is 2.29 bits per heavy atom. The maximum Gasteiger partial charge on any atom is 0.140 e. The molecule has 1 fully saturated rings. The number of hydrogen-bond donors (Lipinski definition) is 0. The van der Waals surface area contributed by atoms with Gasteiger partial charge in [0.25, 0.3) is 0 Å². The van der Waals surface area contributed by atoms with Crippen LogP contribution in [0.4, 0.5) is 11.5 Å². The van der Waals surface area contributed by atoms with Gasteiger partial charge < -0.3 is 14.5 Å². The molecule has 2 aromatic carbocycles. The molecule has 0 aliphatic carbocycles. The standard InChI is InChI=1S/C19H20N4O/c1-24-16-8-6-15(7-9-16)22-10-12-23(13-11-22)19-17-4-2-3-5-18(17)20-14-21-19/h2-9,14H,10-13H2,1H3. The molecule has 1 aromatic heterocycles. The van der Waals surface area contributed by atoms with Crippen LogP contribution in [0.25, 0.3) is 10.9 Å². The lowest BCUT2D eigenvalue weighted by molar-refractivity contribution is 0.415. The van der Waals surface area contributed by atoms with Crippen LogP contribution in [-0.2, 0) is 0 Å². The van der Waals surface area contributed by atoms with Crippen molar-refractivity contribution < 1.29 is 4.74 Å². The van der Waals surface area contributed by atoms with Crippen LogP contribution < -0.4 is 14.5 Å². The first-order valence-corrected chi connectivity index (χ1v) is 8.19. The van der Waals surface area contributed by atoms with E-state index in [0.29, 0.717) is 0 Å². The summed E-state index contributed by atoms with van der Waals surface area (Å²) in [6.45, 7) is 3.86. The van der Waals surface area contributed by atoms with E-state index in [-0.39, 0.29) is 0 Å². The number of benzene rings is 2. The van der Waals surface area contributed by atoms with Crippen molar-refractivity contribution in [2.24, 2.45) is 0 Å². The van der Waals surface area contributed by atoms with Crippen LogP contribution >= 0.6 is 0 Å². The van der Waals surface area contributed by atoms with Crippen LogP contribution in [-0.4, -0.2) is 43.3 Å². The molecule has 0 saturated carbocycles. The number of anilines is 2. The Bertz CT molecular complexity index is 821. The summed E-state index contributed by atoms with van der Waals surface area (Å²) in [7, 11) is 1.69. The number of nitrogens with zero attached hydrogens (tertiary/aromatic N) is 4. The van der Waals surface area contributed by atoms with Crippen molar-refractivity contribution in [3.8, 4) is 5.75 Å². The predicted molar refractivity (Wildman–Crippen MR) is 97.0 cm³/mol. The second-order valence-electron chi connectivity index (χ2n) is 5.89. The van der Waals surface area contributed by atoms with Gasteiger partial charge in [-0.15, -0.1) is 0 Å². The molecule has 1 aliphatic rings. The molecular formula is C19H20N4O. The first-order valence-electron chi connectivity index (χ1n) is 8.19. The van der Waals surface area contributed by atoms with Gasteiger partial charge in [-0.05, 0) is 36.4 Å². The molecule has 0 bridgehead atoms. The predicted octanol–water partition coefficient (Wildman–Crippen LogP) is 2.97. The highest BCUT2D eigenvalue weighted by Crippen LogP contribution is 2.25. The van der Waals surface area contributed by atoms with Crippen LogP contribution in [0.1, 0.15) is 0 Å². The molecular weight excluding hydrogens is 300 g/mol. The molecule has 0 atom stereocenters. The van der Waals surface area contributed by atoms with Gasteiger partial charge in [0.2, 0.25) is 0 Å². The minimum Gasteiger partial charge on any atom is -0.497 e. The maximum absolute atomic E-state index is 5.23. The van der Waals surface area contributed by atoms with Crippen molar-refractivity contribution in [1.82, 2.24) is 9.97 Å². The van der Waals surface area contributed by atoms with Gasteiger partial charge in [0.05, 0.1) is 12.6 Å². The molecule has 4 rings (SSSR count). The first kappa shape index (κ1) is 14.8. The molecule has 1 saturated heterocycles. The topological polar surface area (TPSA) is 41.5 Å². The summed E-state index contributed by atoms with van der Waals surface area (Å²) in [4.78, 5) is 13.6. The van der Waals surface area contributed by atoms with Crippen LogP contribution in [0.2, 0.25) is 0 Å². The minimum absolute atomic E-state index is 0.893. The third-order valence-corrected chi connectivity index (χ3v) is 4.54. The van der Waals surface area contributed by atoms with Crippen molar-refractivity contribution in [2.75, 3.05) is 43.1 Å². The molecule has 122 valence electrons. The van der Waals surface area contributed by atoms with Crippen LogP contribution in [0.3, 0.4) is 0 Å². The number of hydrogen-bond acceptors (Lipinski definition) is 5. The Hall–Kier alpha value is -2.82. The zero-order valence-electron chi connectivity index (χ0n) is 13.7. The molecule has 24 heavy (non-hydrogen) atoms. The summed E-state index contributed by atoms with van der Waals surface area (Å²) in [6, 6.07) is 16.5. The van der Waals surface area contributed by atoms with Gasteiger partial charge in [-0.25, -0.2) is 9.97 Å². The molecule has 5 nitrogen and oxygen atoms in total. The molecule has 0 spiro atoms. The monoisotopic (exact) mass is 320 g/mol. The van der Waals surface area contributed by atoms with E-state index < -0.39 is 0 Å².